The molecule has 6 heterocycles. The molecule has 0 radical (unpaired) electrons. The van der Waals surface area contributed by atoms with Crippen LogP contribution in [0.15, 0.2) is 67.6 Å². The van der Waals surface area contributed by atoms with Crippen LogP contribution in [0.4, 0.5) is 0 Å². The van der Waals surface area contributed by atoms with Gasteiger partial charge in [0.2, 0.25) is 0 Å². The molecule has 184 valence electrons. The minimum absolute atomic E-state index is 0.230. The molecule has 1 aliphatic rings. The zero-order valence-electron chi connectivity index (χ0n) is 20.4. The van der Waals surface area contributed by atoms with Crippen LogP contribution in [0.2, 0.25) is 0 Å². The molecule has 1 saturated heterocycles. The fourth-order valence-corrected chi connectivity index (χ4v) is 5.07. The van der Waals surface area contributed by atoms with Gasteiger partial charge in [-0.25, -0.2) is 4.98 Å². The summed E-state index contributed by atoms with van der Waals surface area (Å²) in [6, 6.07) is 10.5. The van der Waals surface area contributed by atoms with Crippen molar-refractivity contribution < 1.29 is 4.74 Å². The SMILES string of the molecule is Cc1cn(-c2cncc3[nH]c(-c4n[nH]c5ccc(-c6cncc(OC7CCNCC7)c6)cc45)cc23)cn1. The predicted octanol–water partition coefficient (Wildman–Crippen LogP) is 4.79. The molecule has 9 heteroatoms. The first-order valence-electron chi connectivity index (χ1n) is 12.5. The number of piperidine rings is 1. The largest absolute Gasteiger partial charge is 0.489 e. The summed E-state index contributed by atoms with van der Waals surface area (Å²) >= 11 is 0. The normalized spacial score (nSPS) is 14.5. The monoisotopic (exact) mass is 490 g/mol. The third kappa shape index (κ3) is 4.03. The van der Waals surface area contributed by atoms with E-state index >= 15 is 0 Å². The molecule has 0 unspecified atom stereocenters. The molecular formula is C28H26N8O. The zero-order valence-corrected chi connectivity index (χ0v) is 20.4. The fourth-order valence-electron chi connectivity index (χ4n) is 5.07. The lowest BCUT2D eigenvalue weighted by Crippen LogP contribution is -2.34. The molecule has 0 aliphatic carbocycles. The molecule has 7 rings (SSSR count). The molecular weight excluding hydrogens is 464 g/mol. The standard InChI is InChI=1S/C28H26N8O/c1-17-15-36(16-32-17)27-14-31-13-26-22(27)10-25(33-26)28-23-9-18(2-3-24(23)34-35-28)19-8-21(12-30-11-19)37-20-4-6-29-7-5-20/h2-3,8-16,20,29,33H,4-7H2,1H3,(H,34,35). The Hall–Kier alpha value is -4.50. The first kappa shape index (κ1) is 21.8. The molecule has 0 spiro atoms. The number of ether oxygens (including phenoxy) is 1. The second-order valence-electron chi connectivity index (χ2n) is 9.53. The number of aromatic amines is 2. The van der Waals surface area contributed by atoms with Gasteiger partial charge in [-0.05, 0) is 62.7 Å². The Balaban J connectivity index is 1.26. The van der Waals surface area contributed by atoms with Crippen molar-refractivity contribution in [2.24, 2.45) is 0 Å². The average molecular weight is 491 g/mol. The van der Waals surface area contributed by atoms with Gasteiger partial charge in [0.15, 0.2) is 0 Å². The van der Waals surface area contributed by atoms with Gasteiger partial charge < -0.3 is 19.6 Å². The highest BCUT2D eigenvalue weighted by molar-refractivity contribution is 5.99. The number of hydrogen-bond acceptors (Lipinski definition) is 6. The Labute approximate surface area is 212 Å². The molecule has 5 aromatic heterocycles. The van der Waals surface area contributed by atoms with Gasteiger partial charge in [0.1, 0.15) is 17.5 Å². The smallest absolute Gasteiger partial charge is 0.138 e. The van der Waals surface area contributed by atoms with Crippen molar-refractivity contribution in [2.75, 3.05) is 13.1 Å². The highest BCUT2D eigenvalue weighted by atomic mass is 16.5. The van der Waals surface area contributed by atoms with Crippen LogP contribution in [0.25, 0.3) is 50.0 Å². The fraction of sp³-hybridized carbons (Fsp3) is 0.214. The summed E-state index contributed by atoms with van der Waals surface area (Å²) in [5.41, 5.74) is 7.69. The number of hydrogen-bond donors (Lipinski definition) is 3. The van der Waals surface area contributed by atoms with Crippen molar-refractivity contribution in [1.82, 2.24) is 40.0 Å². The maximum absolute atomic E-state index is 6.23. The molecule has 1 aromatic carbocycles. The number of benzene rings is 1. The summed E-state index contributed by atoms with van der Waals surface area (Å²) in [6.45, 7) is 3.96. The van der Waals surface area contributed by atoms with Gasteiger partial charge in [-0.3, -0.25) is 15.1 Å². The molecule has 0 atom stereocenters. The van der Waals surface area contributed by atoms with Gasteiger partial charge in [-0.1, -0.05) is 6.07 Å². The van der Waals surface area contributed by atoms with Crippen LogP contribution in [-0.4, -0.2) is 53.9 Å². The summed E-state index contributed by atoms with van der Waals surface area (Å²) in [6.07, 6.45) is 13.4. The number of nitrogens with zero attached hydrogens (tertiary/aromatic N) is 5. The zero-order chi connectivity index (χ0) is 24.8. The Bertz CT molecular complexity index is 1720. The Morgan fingerprint density at radius 3 is 2.68 bits per heavy atom. The van der Waals surface area contributed by atoms with Crippen LogP contribution in [0.1, 0.15) is 18.5 Å². The predicted molar refractivity (Wildman–Crippen MR) is 143 cm³/mol. The average Bonchev–Trinajstić information content (AvgIpc) is 3.66. The van der Waals surface area contributed by atoms with Crippen molar-refractivity contribution in [2.45, 2.75) is 25.9 Å². The van der Waals surface area contributed by atoms with Crippen molar-refractivity contribution in [3.05, 3.63) is 73.3 Å². The Morgan fingerprint density at radius 2 is 1.81 bits per heavy atom. The van der Waals surface area contributed by atoms with Gasteiger partial charge in [-0.2, -0.15) is 5.10 Å². The number of fused-ring (bicyclic) bond motifs is 2. The number of aryl methyl sites for hydroxylation is 1. The summed E-state index contributed by atoms with van der Waals surface area (Å²) in [5, 5.41) is 13.3. The van der Waals surface area contributed by atoms with Crippen LogP contribution in [0, 0.1) is 6.92 Å². The summed E-state index contributed by atoms with van der Waals surface area (Å²) in [4.78, 5) is 16.8. The highest BCUT2D eigenvalue weighted by Gasteiger charge is 2.17. The molecule has 9 nitrogen and oxygen atoms in total. The van der Waals surface area contributed by atoms with Crippen molar-refractivity contribution in [1.29, 1.82) is 0 Å². The lowest BCUT2D eigenvalue weighted by molar-refractivity contribution is 0.162. The van der Waals surface area contributed by atoms with Crippen LogP contribution in [-0.2, 0) is 0 Å². The van der Waals surface area contributed by atoms with Crippen molar-refractivity contribution in [3.63, 3.8) is 0 Å². The van der Waals surface area contributed by atoms with Gasteiger partial charge in [0.05, 0.1) is 53.0 Å². The van der Waals surface area contributed by atoms with Crippen molar-refractivity contribution >= 4 is 21.8 Å². The van der Waals surface area contributed by atoms with E-state index in [-0.39, 0.29) is 6.10 Å². The maximum Gasteiger partial charge on any atom is 0.138 e. The minimum atomic E-state index is 0.230. The molecule has 0 bridgehead atoms. The van der Waals surface area contributed by atoms with Gasteiger partial charge in [-0.15, -0.1) is 0 Å². The number of pyridine rings is 2. The van der Waals surface area contributed by atoms with E-state index in [1.165, 1.54) is 0 Å². The quantitative estimate of drug-likeness (QED) is 0.321. The van der Waals surface area contributed by atoms with Crippen LogP contribution >= 0.6 is 0 Å². The van der Waals surface area contributed by atoms with Crippen LogP contribution < -0.4 is 10.1 Å². The molecule has 37 heavy (non-hydrogen) atoms. The number of aromatic nitrogens is 7. The van der Waals surface area contributed by atoms with Crippen LogP contribution in [0.5, 0.6) is 5.75 Å². The third-order valence-electron chi connectivity index (χ3n) is 6.97. The van der Waals surface area contributed by atoms with E-state index in [1.807, 2.05) is 42.6 Å². The Morgan fingerprint density at radius 1 is 0.919 bits per heavy atom. The maximum atomic E-state index is 6.23. The number of nitrogens with one attached hydrogen (secondary N) is 3. The number of H-pyrrole nitrogens is 2. The number of imidazole rings is 1. The summed E-state index contributed by atoms with van der Waals surface area (Å²) in [7, 11) is 0. The van der Waals surface area contributed by atoms with Gasteiger partial charge >= 0.3 is 0 Å². The summed E-state index contributed by atoms with van der Waals surface area (Å²) < 4.78 is 8.22. The van der Waals surface area contributed by atoms with E-state index < -0.39 is 0 Å². The van der Waals surface area contributed by atoms with E-state index in [0.717, 1.165) is 87.4 Å². The Kier molecular flexibility index (Phi) is 5.21. The first-order chi connectivity index (χ1) is 18.2. The highest BCUT2D eigenvalue weighted by Crippen LogP contribution is 2.33. The molecule has 0 saturated carbocycles. The van der Waals surface area contributed by atoms with E-state index in [1.54, 1.807) is 6.20 Å². The lowest BCUT2D eigenvalue weighted by Gasteiger charge is -2.23. The van der Waals surface area contributed by atoms with E-state index in [4.69, 9.17) is 4.74 Å². The summed E-state index contributed by atoms with van der Waals surface area (Å²) in [5.74, 6) is 0.808. The minimum Gasteiger partial charge on any atom is -0.489 e. The molecule has 6 aromatic rings. The van der Waals surface area contributed by atoms with Crippen molar-refractivity contribution in [3.8, 4) is 34.0 Å². The lowest BCUT2D eigenvalue weighted by atomic mass is 10.0. The molecule has 3 N–H and O–H groups in total. The number of rotatable bonds is 5. The third-order valence-corrected chi connectivity index (χ3v) is 6.97. The van der Waals surface area contributed by atoms with E-state index in [0.29, 0.717) is 0 Å². The molecule has 0 amide bonds. The topological polar surface area (TPSA) is 109 Å². The van der Waals surface area contributed by atoms with E-state index in [9.17, 15) is 0 Å². The molecule has 1 aliphatic heterocycles. The first-order valence-corrected chi connectivity index (χ1v) is 12.5. The molecule has 1 fully saturated rings. The van der Waals surface area contributed by atoms with Gasteiger partial charge in [0.25, 0.3) is 0 Å². The van der Waals surface area contributed by atoms with E-state index in [2.05, 4.69) is 65.8 Å². The second-order valence-corrected chi connectivity index (χ2v) is 9.53. The second kappa shape index (κ2) is 8.86. The van der Waals surface area contributed by atoms with Crippen LogP contribution in [0.3, 0.4) is 0 Å². The van der Waals surface area contributed by atoms with Gasteiger partial charge in [0, 0.05) is 28.7 Å².